The van der Waals surface area contributed by atoms with Crippen molar-refractivity contribution in [1.82, 2.24) is 0 Å². The van der Waals surface area contributed by atoms with Crippen LogP contribution in [0.15, 0.2) is 22.7 Å². The molecule has 0 aromatic heterocycles. The zero-order chi connectivity index (χ0) is 14.0. The Kier molecular flexibility index (Phi) is 2.58. The molecule has 3 fully saturated rings. The summed E-state index contributed by atoms with van der Waals surface area (Å²) in [6.07, 6.45) is 3.05. The first-order chi connectivity index (χ1) is 9.58. The third kappa shape index (κ3) is 1.50. The topological polar surface area (TPSA) is 37.4 Å². The lowest BCUT2D eigenvalue weighted by Gasteiger charge is -2.19. The summed E-state index contributed by atoms with van der Waals surface area (Å²) in [5.41, 5.74) is 0.0944. The highest BCUT2D eigenvalue weighted by atomic mass is 79.9. The van der Waals surface area contributed by atoms with Crippen molar-refractivity contribution in [2.75, 3.05) is 4.90 Å². The number of imide groups is 1. The van der Waals surface area contributed by atoms with Crippen molar-refractivity contribution in [2.24, 2.45) is 23.7 Å². The minimum atomic E-state index is -0.534. The highest BCUT2D eigenvalue weighted by Gasteiger charge is 2.61. The molecule has 1 aromatic rings. The molecule has 3 aliphatic rings. The van der Waals surface area contributed by atoms with E-state index in [4.69, 9.17) is 0 Å². The van der Waals surface area contributed by atoms with Gasteiger partial charge in [0.25, 0.3) is 0 Å². The molecule has 1 heterocycles. The number of nitrogens with zero attached hydrogens (tertiary/aromatic N) is 1. The molecule has 2 saturated carbocycles. The van der Waals surface area contributed by atoms with E-state index in [0.29, 0.717) is 16.3 Å². The van der Waals surface area contributed by atoms with Gasteiger partial charge in [-0.2, -0.15) is 0 Å². The summed E-state index contributed by atoms with van der Waals surface area (Å²) in [4.78, 5) is 26.2. The van der Waals surface area contributed by atoms with E-state index < -0.39 is 5.82 Å². The maximum Gasteiger partial charge on any atom is 0.238 e. The normalized spacial score (nSPS) is 35.0. The first-order valence-electron chi connectivity index (χ1n) is 6.91. The molecule has 0 spiro atoms. The van der Waals surface area contributed by atoms with Crippen LogP contribution in [0, 0.1) is 29.5 Å². The van der Waals surface area contributed by atoms with E-state index in [1.165, 1.54) is 12.1 Å². The van der Waals surface area contributed by atoms with Gasteiger partial charge in [0.2, 0.25) is 11.8 Å². The van der Waals surface area contributed by atoms with Crippen molar-refractivity contribution in [1.29, 1.82) is 0 Å². The number of anilines is 1. The number of rotatable bonds is 1. The lowest BCUT2D eigenvalue weighted by Crippen LogP contribution is -2.33. The fraction of sp³-hybridized carbons (Fsp3) is 0.467. The second-order valence-electron chi connectivity index (χ2n) is 5.99. The average Bonchev–Trinajstić information content (AvgIpc) is 3.06. The predicted octanol–water partition coefficient (Wildman–Crippen LogP) is 3.12. The molecule has 4 atom stereocenters. The van der Waals surface area contributed by atoms with E-state index in [9.17, 15) is 14.0 Å². The van der Waals surface area contributed by atoms with Crippen LogP contribution in [0.1, 0.15) is 19.3 Å². The highest BCUT2D eigenvalue weighted by molar-refractivity contribution is 9.10. The third-order valence-corrected chi connectivity index (χ3v) is 5.57. The Morgan fingerprint density at radius 1 is 1.10 bits per heavy atom. The monoisotopic (exact) mass is 337 g/mol. The molecule has 2 amide bonds. The molecule has 1 aromatic carbocycles. The van der Waals surface area contributed by atoms with Crippen LogP contribution in [-0.2, 0) is 9.59 Å². The lowest BCUT2D eigenvalue weighted by molar-refractivity contribution is -0.123. The van der Waals surface area contributed by atoms with Gasteiger partial charge in [-0.3, -0.25) is 9.59 Å². The molecule has 0 radical (unpaired) electrons. The van der Waals surface area contributed by atoms with E-state index in [1.54, 1.807) is 6.07 Å². The van der Waals surface area contributed by atoms with Crippen LogP contribution >= 0.6 is 15.9 Å². The number of carbonyl (C=O) groups excluding carboxylic acids is 2. The molecule has 20 heavy (non-hydrogen) atoms. The molecule has 3 nitrogen and oxygen atoms in total. The summed E-state index contributed by atoms with van der Waals surface area (Å²) in [6.45, 7) is 0. The summed E-state index contributed by atoms with van der Waals surface area (Å²) in [5.74, 6) is -0.696. The van der Waals surface area contributed by atoms with E-state index in [-0.39, 0.29) is 29.3 Å². The quantitative estimate of drug-likeness (QED) is 0.738. The molecule has 0 unspecified atom stereocenters. The first-order valence-corrected chi connectivity index (χ1v) is 7.70. The van der Waals surface area contributed by atoms with Crippen LogP contribution in [0.25, 0.3) is 0 Å². The number of hydrogen-bond acceptors (Lipinski definition) is 2. The van der Waals surface area contributed by atoms with Crippen LogP contribution in [0.5, 0.6) is 0 Å². The zero-order valence-corrected chi connectivity index (χ0v) is 12.3. The average molecular weight is 338 g/mol. The van der Waals surface area contributed by atoms with E-state index >= 15 is 0 Å². The molecule has 0 N–H and O–H groups in total. The predicted molar refractivity (Wildman–Crippen MR) is 74.4 cm³/mol. The number of carbonyl (C=O) groups is 2. The van der Waals surface area contributed by atoms with Gasteiger partial charge in [0.15, 0.2) is 0 Å². The van der Waals surface area contributed by atoms with Crippen LogP contribution in [0.4, 0.5) is 10.1 Å². The van der Waals surface area contributed by atoms with Gasteiger partial charge in [-0.25, -0.2) is 9.29 Å². The molecular weight excluding hydrogens is 325 g/mol. The number of amides is 2. The van der Waals surface area contributed by atoms with Crippen LogP contribution < -0.4 is 4.90 Å². The minimum absolute atomic E-state index is 0.0944. The Bertz CT molecular complexity index is 604. The smallest absolute Gasteiger partial charge is 0.238 e. The summed E-state index contributed by atoms with van der Waals surface area (Å²) in [5, 5.41) is 0. The van der Waals surface area contributed by atoms with Crippen molar-refractivity contribution in [3.8, 4) is 0 Å². The molecule has 2 bridgehead atoms. The van der Waals surface area contributed by atoms with Gasteiger partial charge < -0.3 is 0 Å². The molecule has 1 aliphatic heterocycles. The highest BCUT2D eigenvalue weighted by Crippen LogP contribution is 2.56. The maximum atomic E-state index is 14.1. The molecule has 104 valence electrons. The number of fused-ring (bicyclic) bond motifs is 5. The van der Waals surface area contributed by atoms with Gasteiger partial charge >= 0.3 is 0 Å². The van der Waals surface area contributed by atoms with Crippen molar-refractivity contribution >= 4 is 33.4 Å². The molecule has 1 saturated heterocycles. The second kappa shape index (κ2) is 4.13. The van der Waals surface area contributed by atoms with Gasteiger partial charge in [0, 0.05) is 4.47 Å². The van der Waals surface area contributed by atoms with Crippen LogP contribution in [0.2, 0.25) is 0 Å². The number of hydrogen-bond donors (Lipinski definition) is 0. The first kappa shape index (κ1) is 12.5. The van der Waals surface area contributed by atoms with Gasteiger partial charge in [0.05, 0.1) is 17.5 Å². The number of benzene rings is 1. The Morgan fingerprint density at radius 3 is 2.25 bits per heavy atom. The Balaban J connectivity index is 1.77. The molecule has 2 aliphatic carbocycles. The third-order valence-electron chi connectivity index (χ3n) is 5.08. The maximum absolute atomic E-state index is 14.1. The molecule has 5 heteroatoms. The standard InChI is InChI=1S/C15H13BrFNO2/c16-9-3-4-11(10(17)6-9)18-14(19)12-7-1-2-8(5-7)13(12)15(18)20/h3-4,6-8,12-13H,1-2,5H2/t7-,8-,12-,13+/m0/s1. The number of halogens is 2. The largest absolute Gasteiger partial charge is 0.274 e. The summed E-state index contributed by atoms with van der Waals surface area (Å²) < 4.78 is 14.7. The fourth-order valence-electron chi connectivity index (χ4n) is 4.31. The fourth-order valence-corrected chi connectivity index (χ4v) is 4.64. The van der Waals surface area contributed by atoms with E-state index in [2.05, 4.69) is 15.9 Å². The minimum Gasteiger partial charge on any atom is -0.274 e. The van der Waals surface area contributed by atoms with Crippen LogP contribution in [-0.4, -0.2) is 11.8 Å². The lowest BCUT2D eigenvalue weighted by atomic mass is 9.81. The van der Waals surface area contributed by atoms with Crippen molar-refractivity contribution in [3.05, 3.63) is 28.5 Å². The zero-order valence-electron chi connectivity index (χ0n) is 10.7. The van der Waals surface area contributed by atoms with Gasteiger partial charge in [-0.15, -0.1) is 0 Å². The van der Waals surface area contributed by atoms with Gasteiger partial charge in [-0.1, -0.05) is 15.9 Å². The van der Waals surface area contributed by atoms with Crippen LogP contribution in [0.3, 0.4) is 0 Å². The van der Waals surface area contributed by atoms with Gasteiger partial charge in [-0.05, 0) is 49.3 Å². The molecular formula is C15H13BrFNO2. The van der Waals surface area contributed by atoms with Crippen molar-refractivity contribution < 1.29 is 14.0 Å². The molecule has 4 rings (SSSR count). The summed E-state index contributed by atoms with van der Waals surface area (Å²) in [7, 11) is 0. The van der Waals surface area contributed by atoms with Crippen molar-refractivity contribution in [2.45, 2.75) is 19.3 Å². The SMILES string of the molecule is O=C1[C@@H]2[C@H]3CC[C@@H](C3)[C@@H]2C(=O)N1c1ccc(Br)cc1F. The van der Waals surface area contributed by atoms with E-state index in [0.717, 1.165) is 24.2 Å². The van der Waals surface area contributed by atoms with Gasteiger partial charge in [0.1, 0.15) is 5.82 Å². The van der Waals surface area contributed by atoms with E-state index in [1.807, 2.05) is 0 Å². The summed E-state index contributed by atoms with van der Waals surface area (Å²) >= 11 is 3.18. The Morgan fingerprint density at radius 2 is 1.70 bits per heavy atom. The summed E-state index contributed by atoms with van der Waals surface area (Å²) in [6, 6.07) is 4.44. The Labute approximate surface area is 124 Å². The van der Waals surface area contributed by atoms with Crippen molar-refractivity contribution in [3.63, 3.8) is 0 Å². The Hall–Kier alpha value is -1.23. The second-order valence-corrected chi connectivity index (χ2v) is 6.91.